The predicted molar refractivity (Wildman–Crippen MR) is 215 cm³/mol. The number of aromatic nitrogens is 3. The largest absolute Gasteiger partial charge is 0.208 e. The molecule has 1 aromatic heterocycles. The maximum Gasteiger partial charge on any atom is 0.164 e. The summed E-state index contributed by atoms with van der Waals surface area (Å²) in [4.78, 5) is 14.8. The van der Waals surface area contributed by atoms with Crippen LogP contribution in [0.2, 0.25) is 0 Å². The number of nitrogens with zero attached hydrogens (tertiary/aromatic N) is 3. The minimum Gasteiger partial charge on any atom is -0.208 e. The number of hydrogen-bond donors (Lipinski definition) is 0. The van der Waals surface area contributed by atoms with Gasteiger partial charge < -0.3 is 0 Å². The van der Waals surface area contributed by atoms with Crippen LogP contribution in [0.25, 0.3) is 89.4 Å². The molecule has 0 saturated carbocycles. The molecular formula is C49H33N3. The fraction of sp³-hybridized carbons (Fsp3) is 0. The van der Waals surface area contributed by atoms with E-state index in [1.54, 1.807) is 0 Å². The van der Waals surface area contributed by atoms with Gasteiger partial charge in [0.15, 0.2) is 17.5 Å². The van der Waals surface area contributed by atoms with Gasteiger partial charge in [-0.25, -0.2) is 15.0 Å². The molecule has 0 amide bonds. The van der Waals surface area contributed by atoms with E-state index in [9.17, 15) is 0 Å². The van der Waals surface area contributed by atoms with Crippen LogP contribution in [0, 0.1) is 0 Å². The smallest absolute Gasteiger partial charge is 0.164 e. The van der Waals surface area contributed by atoms with E-state index in [4.69, 9.17) is 15.0 Å². The van der Waals surface area contributed by atoms with Gasteiger partial charge in [0.25, 0.3) is 0 Å². The Balaban J connectivity index is 1.14. The van der Waals surface area contributed by atoms with E-state index in [2.05, 4.69) is 140 Å². The highest BCUT2D eigenvalue weighted by Gasteiger charge is 2.14. The first-order valence-electron chi connectivity index (χ1n) is 17.5. The van der Waals surface area contributed by atoms with E-state index in [-0.39, 0.29) is 0 Å². The SMILES string of the molecule is c1ccc(-c2cc(-c3cccc(-c4cccc(-c5nc(-c6ccccc6)nc(-c6ccccc6)n5)c4)c3)cc(-c3cccc4ccccc34)c2)cc1. The standard InChI is InChI=1S/C49H33N3/c1-4-15-34(16-5-1)42-31-43(33-44(32-42)46-28-14-22-35-17-10-11-27-45(35)46)40-25-12-23-38(29-40)39-24-13-26-41(30-39)49-51-47(36-18-6-2-7-19-36)50-48(52-49)37-20-8-3-9-21-37/h1-33H. The third-order valence-corrected chi connectivity index (χ3v) is 9.49. The van der Waals surface area contributed by atoms with E-state index in [1.165, 1.54) is 38.6 Å². The van der Waals surface area contributed by atoms with Gasteiger partial charge in [-0.05, 0) is 85.6 Å². The van der Waals surface area contributed by atoms with Crippen molar-refractivity contribution in [3.63, 3.8) is 0 Å². The summed E-state index contributed by atoms with van der Waals surface area (Å²) in [6, 6.07) is 70.2. The van der Waals surface area contributed by atoms with Crippen LogP contribution in [0.1, 0.15) is 0 Å². The molecule has 0 radical (unpaired) electrons. The molecule has 0 aliphatic carbocycles. The Morgan fingerprint density at radius 1 is 0.231 bits per heavy atom. The van der Waals surface area contributed by atoms with E-state index >= 15 is 0 Å². The summed E-state index contributed by atoms with van der Waals surface area (Å²) in [6.07, 6.45) is 0. The quantitative estimate of drug-likeness (QED) is 0.170. The summed E-state index contributed by atoms with van der Waals surface area (Å²) >= 11 is 0. The Morgan fingerprint density at radius 3 is 1.21 bits per heavy atom. The van der Waals surface area contributed by atoms with Crippen molar-refractivity contribution in [1.82, 2.24) is 15.0 Å². The van der Waals surface area contributed by atoms with Gasteiger partial charge >= 0.3 is 0 Å². The van der Waals surface area contributed by atoms with Gasteiger partial charge in [0.1, 0.15) is 0 Å². The average Bonchev–Trinajstić information content (AvgIpc) is 3.24. The molecular weight excluding hydrogens is 631 g/mol. The predicted octanol–water partition coefficient (Wildman–Crippen LogP) is 12.7. The summed E-state index contributed by atoms with van der Waals surface area (Å²) in [5, 5.41) is 2.48. The first-order valence-corrected chi connectivity index (χ1v) is 17.5. The minimum absolute atomic E-state index is 0.640. The lowest BCUT2D eigenvalue weighted by molar-refractivity contribution is 1.07. The summed E-state index contributed by atoms with van der Waals surface area (Å²) in [5.74, 6) is 1.94. The van der Waals surface area contributed by atoms with Gasteiger partial charge in [-0.2, -0.15) is 0 Å². The van der Waals surface area contributed by atoms with Crippen molar-refractivity contribution in [2.45, 2.75) is 0 Å². The maximum atomic E-state index is 4.98. The average molecular weight is 664 g/mol. The van der Waals surface area contributed by atoms with Crippen LogP contribution in [0.4, 0.5) is 0 Å². The Labute approximate surface area is 303 Å². The number of benzene rings is 8. The van der Waals surface area contributed by atoms with Gasteiger partial charge in [-0.1, -0.05) is 170 Å². The Bertz CT molecular complexity index is 2610. The molecule has 3 nitrogen and oxygen atoms in total. The zero-order valence-electron chi connectivity index (χ0n) is 28.4. The first kappa shape index (κ1) is 31.0. The summed E-state index contributed by atoms with van der Waals surface area (Å²) < 4.78 is 0. The van der Waals surface area contributed by atoms with Crippen molar-refractivity contribution < 1.29 is 0 Å². The van der Waals surface area contributed by atoms with Crippen LogP contribution < -0.4 is 0 Å². The highest BCUT2D eigenvalue weighted by molar-refractivity contribution is 5.98. The van der Waals surface area contributed by atoms with Crippen molar-refractivity contribution >= 4 is 10.8 Å². The van der Waals surface area contributed by atoms with Gasteiger partial charge in [0.05, 0.1) is 0 Å². The molecule has 9 rings (SSSR count). The second-order valence-electron chi connectivity index (χ2n) is 12.9. The van der Waals surface area contributed by atoms with Crippen molar-refractivity contribution in [2.75, 3.05) is 0 Å². The van der Waals surface area contributed by atoms with E-state index in [1.807, 2.05) is 60.7 Å². The Morgan fingerprint density at radius 2 is 0.596 bits per heavy atom. The zero-order chi connectivity index (χ0) is 34.7. The third kappa shape index (κ3) is 6.28. The third-order valence-electron chi connectivity index (χ3n) is 9.49. The summed E-state index contributed by atoms with van der Waals surface area (Å²) in [7, 11) is 0. The fourth-order valence-corrected chi connectivity index (χ4v) is 6.88. The minimum atomic E-state index is 0.640. The molecule has 0 unspecified atom stereocenters. The molecule has 52 heavy (non-hydrogen) atoms. The van der Waals surface area contributed by atoms with Crippen LogP contribution in [-0.2, 0) is 0 Å². The second-order valence-corrected chi connectivity index (χ2v) is 12.9. The lowest BCUT2D eigenvalue weighted by Gasteiger charge is -2.14. The molecule has 244 valence electrons. The van der Waals surface area contributed by atoms with Crippen LogP contribution in [0.5, 0.6) is 0 Å². The zero-order valence-corrected chi connectivity index (χ0v) is 28.4. The van der Waals surface area contributed by atoms with E-state index < -0.39 is 0 Å². The fourth-order valence-electron chi connectivity index (χ4n) is 6.88. The number of rotatable bonds is 7. The lowest BCUT2D eigenvalue weighted by atomic mass is 9.90. The van der Waals surface area contributed by atoms with Gasteiger partial charge in [-0.15, -0.1) is 0 Å². The molecule has 0 saturated heterocycles. The molecule has 0 aliphatic rings. The molecule has 0 atom stereocenters. The number of fused-ring (bicyclic) bond motifs is 1. The monoisotopic (exact) mass is 663 g/mol. The summed E-state index contributed by atoms with van der Waals surface area (Å²) in [5.41, 5.74) is 12.2. The molecule has 0 aliphatic heterocycles. The molecule has 0 bridgehead atoms. The highest BCUT2D eigenvalue weighted by atomic mass is 15.0. The molecule has 9 aromatic rings. The molecule has 3 heteroatoms. The van der Waals surface area contributed by atoms with Crippen molar-refractivity contribution in [3.05, 3.63) is 200 Å². The first-order chi connectivity index (χ1) is 25.7. The van der Waals surface area contributed by atoms with Gasteiger partial charge in [0.2, 0.25) is 0 Å². The van der Waals surface area contributed by atoms with Gasteiger partial charge in [-0.3, -0.25) is 0 Å². The number of hydrogen-bond acceptors (Lipinski definition) is 3. The normalized spacial score (nSPS) is 11.1. The van der Waals surface area contributed by atoms with Crippen LogP contribution in [0.15, 0.2) is 200 Å². The molecule has 0 fully saturated rings. The van der Waals surface area contributed by atoms with Crippen molar-refractivity contribution in [1.29, 1.82) is 0 Å². The molecule has 0 spiro atoms. The molecule has 1 heterocycles. The highest BCUT2D eigenvalue weighted by Crippen LogP contribution is 2.37. The summed E-state index contributed by atoms with van der Waals surface area (Å²) in [6.45, 7) is 0. The van der Waals surface area contributed by atoms with E-state index in [0.29, 0.717) is 17.5 Å². The molecule has 8 aromatic carbocycles. The maximum absolute atomic E-state index is 4.98. The van der Waals surface area contributed by atoms with Crippen LogP contribution in [0.3, 0.4) is 0 Å². The van der Waals surface area contributed by atoms with Crippen LogP contribution >= 0.6 is 0 Å². The lowest BCUT2D eigenvalue weighted by Crippen LogP contribution is -2.00. The topological polar surface area (TPSA) is 38.7 Å². The second kappa shape index (κ2) is 13.7. The Kier molecular flexibility index (Phi) is 8.20. The van der Waals surface area contributed by atoms with Crippen LogP contribution in [-0.4, -0.2) is 15.0 Å². The Hall–Kier alpha value is -6.97. The van der Waals surface area contributed by atoms with Crippen molar-refractivity contribution in [3.8, 4) is 78.7 Å². The van der Waals surface area contributed by atoms with Gasteiger partial charge in [0, 0.05) is 16.7 Å². The van der Waals surface area contributed by atoms with E-state index in [0.717, 1.165) is 33.4 Å². The molecule has 0 N–H and O–H groups in total. The van der Waals surface area contributed by atoms with Crippen molar-refractivity contribution in [2.24, 2.45) is 0 Å².